The third kappa shape index (κ3) is 1.80. The molecule has 0 bridgehead atoms. The highest BCUT2D eigenvalue weighted by Crippen LogP contribution is 2.26. The molecule has 1 unspecified atom stereocenters. The monoisotopic (exact) mass is 194 g/mol. The number of H-pyrrole nitrogens is 1. The molecule has 4 heteroatoms. The van der Waals surface area contributed by atoms with Gasteiger partial charge >= 0.3 is 0 Å². The van der Waals surface area contributed by atoms with E-state index in [1.165, 1.54) is 19.3 Å². The van der Waals surface area contributed by atoms with Gasteiger partial charge in [-0.2, -0.15) is 15.4 Å². The molecule has 0 aliphatic carbocycles. The first-order valence-electron chi connectivity index (χ1n) is 5.43. The van der Waals surface area contributed by atoms with Gasteiger partial charge in [0, 0.05) is 0 Å². The Bertz CT molecular complexity index is 286. The molecule has 78 valence electrons. The molecule has 1 saturated heterocycles. The fraction of sp³-hybridized carbons (Fsp3) is 0.800. The van der Waals surface area contributed by atoms with E-state index in [2.05, 4.69) is 34.6 Å². The second-order valence-electron chi connectivity index (χ2n) is 4.25. The van der Waals surface area contributed by atoms with Crippen LogP contribution in [0, 0.1) is 0 Å². The molecule has 1 aromatic rings. The molecule has 2 N–H and O–H groups in total. The van der Waals surface area contributed by atoms with Crippen LogP contribution in [0.4, 0.5) is 0 Å². The highest BCUT2D eigenvalue weighted by molar-refractivity contribution is 5.17. The number of hydrogen-bond acceptors (Lipinski definition) is 3. The molecular weight excluding hydrogens is 176 g/mol. The zero-order chi connectivity index (χ0) is 9.97. The van der Waals surface area contributed by atoms with Gasteiger partial charge in [-0.05, 0) is 25.3 Å². The van der Waals surface area contributed by atoms with Crippen LogP contribution in [-0.4, -0.2) is 22.0 Å². The summed E-state index contributed by atoms with van der Waals surface area (Å²) < 4.78 is 0. The van der Waals surface area contributed by atoms with Gasteiger partial charge in [-0.1, -0.05) is 20.3 Å². The molecular formula is C10H18N4. The average molecular weight is 194 g/mol. The van der Waals surface area contributed by atoms with E-state index in [0.29, 0.717) is 12.0 Å². The Balaban J connectivity index is 2.17. The minimum Gasteiger partial charge on any atom is -0.309 e. The van der Waals surface area contributed by atoms with E-state index in [-0.39, 0.29) is 0 Å². The van der Waals surface area contributed by atoms with Crippen LogP contribution in [0.25, 0.3) is 0 Å². The maximum absolute atomic E-state index is 4.26. The van der Waals surface area contributed by atoms with Gasteiger partial charge in [-0.15, -0.1) is 0 Å². The highest BCUT2D eigenvalue weighted by atomic mass is 15.3. The Kier molecular flexibility index (Phi) is 2.82. The first kappa shape index (κ1) is 9.65. The van der Waals surface area contributed by atoms with E-state index in [1.807, 2.05) is 0 Å². The van der Waals surface area contributed by atoms with Crippen molar-refractivity contribution in [2.45, 2.75) is 45.1 Å². The molecule has 1 atom stereocenters. The van der Waals surface area contributed by atoms with Gasteiger partial charge in [-0.25, -0.2) is 0 Å². The molecule has 0 saturated carbocycles. The van der Waals surface area contributed by atoms with Crippen molar-refractivity contribution >= 4 is 0 Å². The second-order valence-corrected chi connectivity index (χ2v) is 4.25. The van der Waals surface area contributed by atoms with Crippen molar-refractivity contribution in [1.82, 2.24) is 20.7 Å². The summed E-state index contributed by atoms with van der Waals surface area (Å²) >= 11 is 0. The van der Waals surface area contributed by atoms with Crippen molar-refractivity contribution in [2.75, 3.05) is 6.54 Å². The fourth-order valence-electron chi connectivity index (χ4n) is 2.01. The Morgan fingerprint density at radius 1 is 1.29 bits per heavy atom. The number of aromatic amines is 1. The summed E-state index contributed by atoms with van der Waals surface area (Å²) in [5.41, 5.74) is 2.24. The summed E-state index contributed by atoms with van der Waals surface area (Å²) in [6.45, 7) is 5.42. The van der Waals surface area contributed by atoms with Crippen molar-refractivity contribution < 1.29 is 0 Å². The van der Waals surface area contributed by atoms with E-state index in [1.54, 1.807) is 0 Å². The summed E-state index contributed by atoms with van der Waals surface area (Å²) in [5, 5.41) is 14.7. The topological polar surface area (TPSA) is 53.6 Å². The third-order valence-corrected chi connectivity index (χ3v) is 2.79. The molecule has 0 amide bonds. The fourth-order valence-corrected chi connectivity index (χ4v) is 2.01. The van der Waals surface area contributed by atoms with Gasteiger partial charge in [0.05, 0.1) is 11.7 Å². The quantitative estimate of drug-likeness (QED) is 0.754. The molecule has 0 spiro atoms. The van der Waals surface area contributed by atoms with Crippen molar-refractivity contribution in [3.05, 3.63) is 11.4 Å². The maximum atomic E-state index is 4.26. The van der Waals surface area contributed by atoms with Gasteiger partial charge in [0.1, 0.15) is 5.69 Å². The lowest BCUT2D eigenvalue weighted by atomic mass is 9.97. The van der Waals surface area contributed by atoms with Crippen LogP contribution in [-0.2, 0) is 0 Å². The van der Waals surface area contributed by atoms with Crippen molar-refractivity contribution in [2.24, 2.45) is 0 Å². The van der Waals surface area contributed by atoms with Crippen LogP contribution >= 0.6 is 0 Å². The van der Waals surface area contributed by atoms with E-state index in [0.717, 1.165) is 17.9 Å². The van der Waals surface area contributed by atoms with Crippen molar-refractivity contribution in [3.63, 3.8) is 0 Å². The smallest absolute Gasteiger partial charge is 0.103 e. The first-order valence-corrected chi connectivity index (χ1v) is 5.43. The lowest BCUT2D eigenvalue weighted by Gasteiger charge is -2.22. The summed E-state index contributed by atoms with van der Waals surface area (Å²) in [4.78, 5) is 0. The summed E-state index contributed by atoms with van der Waals surface area (Å²) in [5.74, 6) is 0.451. The maximum Gasteiger partial charge on any atom is 0.103 e. The number of hydrogen-bond donors (Lipinski definition) is 2. The molecule has 0 radical (unpaired) electrons. The van der Waals surface area contributed by atoms with Crippen LogP contribution in [0.1, 0.15) is 56.5 Å². The highest BCUT2D eigenvalue weighted by Gasteiger charge is 2.22. The van der Waals surface area contributed by atoms with Crippen molar-refractivity contribution in [3.8, 4) is 0 Å². The SMILES string of the molecule is CC(C)c1n[nH]nc1C1CCCCN1. The van der Waals surface area contributed by atoms with Gasteiger partial charge in [0.25, 0.3) is 0 Å². The van der Waals surface area contributed by atoms with E-state index >= 15 is 0 Å². The lowest BCUT2D eigenvalue weighted by Crippen LogP contribution is -2.28. The Hall–Kier alpha value is -0.900. The predicted octanol–water partition coefficient (Wildman–Crippen LogP) is 1.74. The summed E-state index contributed by atoms with van der Waals surface area (Å²) in [6.07, 6.45) is 3.76. The number of piperidine rings is 1. The van der Waals surface area contributed by atoms with E-state index < -0.39 is 0 Å². The third-order valence-electron chi connectivity index (χ3n) is 2.79. The van der Waals surface area contributed by atoms with Crippen LogP contribution in [0.2, 0.25) is 0 Å². The largest absolute Gasteiger partial charge is 0.309 e. The molecule has 2 rings (SSSR count). The number of nitrogens with one attached hydrogen (secondary N) is 2. The normalized spacial score (nSPS) is 22.9. The van der Waals surface area contributed by atoms with Gasteiger partial charge in [-0.3, -0.25) is 0 Å². The molecule has 14 heavy (non-hydrogen) atoms. The lowest BCUT2D eigenvalue weighted by molar-refractivity contribution is 0.402. The Labute approximate surface area is 84.5 Å². The van der Waals surface area contributed by atoms with Gasteiger partial charge in [0.2, 0.25) is 0 Å². The molecule has 2 heterocycles. The molecule has 1 aliphatic rings. The molecule has 4 nitrogen and oxygen atoms in total. The van der Waals surface area contributed by atoms with Crippen LogP contribution in [0.15, 0.2) is 0 Å². The average Bonchev–Trinajstić information content (AvgIpc) is 2.67. The van der Waals surface area contributed by atoms with Gasteiger partial charge < -0.3 is 5.32 Å². The zero-order valence-electron chi connectivity index (χ0n) is 8.88. The number of nitrogens with zero attached hydrogens (tertiary/aromatic N) is 2. The minimum atomic E-state index is 0.417. The minimum absolute atomic E-state index is 0.417. The van der Waals surface area contributed by atoms with E-state index in [4.69, 9.17) is 0 Å². The predicted molar refractivity (Wildman–Crippen MR) is 55.1 cm³/mol. The standard InChI is InChI=1S/C10H18N4/c1-7(2)9-10(13-14-12-9)8-5-3-4-6-11-8/h7-8,11H,3-6H2,1-2H3,(H,12,13,14). The first-order chi connectivity index (χ1) is 6.79. The van der Waals surface area contributed by atoms with Crippen molar-refractivity contribution in [1.29, 1.82) is 0 Å². The number of aromatic nitrogens is 3. The Morgan fingerprint density at radius 2 is 2.14 bits per heavy atom. The van der Waals surface area contributed by atoms with Crippen LogP contribution < -0.4 is 5.32 Å². The van der Waals surface area contributed by atoms with Gasteiger partial charge in [0.15, 0.2) is 0 Å². The molecule has 1 aliphatic heterocycles. The zero-order valence-corrected chi connectivity index (χ0v) is 8.88. The van der Waals surface area contributed by atoms with Crippen LogP contribution in [0.3, 0.4) is 0 Å². The second kappa shape index (κ2) is 4.09. The summed E-state index contributed by atoms with van der Waals surface area (Å²) in [6, 6.07) is 0.417. The molecule has 0 aromatic carbocycles. The van der Waals surface area contributed by atoms with Crippen LogP contribution in [0.5, 0.6) is 0 Å². The summed E-state index contributed by atoms with van der Waals surface area (Å²) in [7, 11) is 0. The Morgan fingerprint density at radius 3 is 2.79 bits per heavy atom. The molecule has 1 aromatic heterocycles. The number of rotatable bonds is 2. The molecule has 1 fully saturated rings. The van der Waals surface area contributed by atoms with E-state index in [9.17, 15) is 0 Å².